The van der Waals surface area contributed by atoms with Gasteiger partial charge in [-0.1, -0.05) is 85.9 Å². The average molecular weight is 605 g/mol. The Labute approximate surface area is 268 Å². The van der Waals surface area contributed by atoms with E-state index in [-0.39, 0.29) is 28.7 Å². The molecular formula is C40H60O4. The molecule has 0 spiro atoms. The van der Waals surface area contributed by atoms with Gasteiger partial charge in [0.1, 0.15) is 6.10 Å². The topological polar surface area (TPSA) is 55.8 Å². The van der Waals surface area contributed by atoms with Crippen molar-refractivity contribution in [3.8, 4) is 11.5 Å². The van der Waals surface area contributed by atoms with Crippen LogP contribution in [0.2, 0.25) is 0 Å². The number of esters is 1. The van der Waals surface area contributed by atoms with E-state index in [1.54, 1.807) is 29.8 Å². The molecule has 0 aromatic heterocycles. The van der Waals surface area contributed by atoms with Crippen LogP contribution in [0.15, 0.2) is 35.9 Å². The Kier molecular flexibility index (Phi) is 9.43. The summed E-state index contributed by atoms with van der Waals surface area (Å²) in [5.41, 5.74) is 3.20. The summed E-state index contributed by atoms with van der Waals surface area (Å²) in [5.74, 6) is 5.33. The van der Waals surface area contributed by atoms with Crippen molar-refractivity contribution < 1.29 is 19.4 Å². The third-order valence-electron chi connectivity index (χ3n) is 13.8. The van der Waals surface area contributed by atoms with Gasteiger partial charge >= 0.3 is 5.97 Å². The molecule has 0 bridgehead atoms. The molecule has 0 amide bonds. The van der Waals surface area contributed by atoms with Crippen LogP contribution in [0, 0.1) is 57.7 Å². The van der Waals surface area contributed by atoms with Crippen molar-refractivity contribution in [3.63, 3.8) is 0 Å². The Morgan fingerprint density at radius 1 is 0.977 bits per heavy atom. The maximum atomic E-state index is 13.0. The summed E-state index contributed by atoms with van der Waals surface area (Å²) in [6.45, 7) is 19.7. The second-order valence-electron chi connectivity index (χ2n) is 16.7. The summed E-state index contributed by atoms with van der Waals surface area (Å²) in [6.07, 6.45) is 17.2. The van der Waals surface area contributed by atoms with Gasteiger partial charge in [0.2, 0.25) is 0 Å². The van der Waals surface area contributed by atoms with Gasteiger partial charge in [0, 0.05) is 11.5 Å². The van der Waals surface area contributed by atoms with Crippen molar-refractivity contribution in [1.82, 2.24) is 0 Å². The summed E-state index contributed by atoms with van der Waals surface area (Å²) in [6, 6.07) is 5.06. The largest absolute Gasteiger partial charge is 0.504 e. The number of methoxy groups -OCH3 is 1. The van der Waals surface area contributed by atoms with Crippen molar-refractivity contribution in [1.29, 1.82) is 0 Å². The first-order chi connectivity index (χ1) is 20.7. The van der Waals surface area contributed by atoms with E-state index in [0.29, 0.717) is 23.0 Å². The Bertz CT molecular complexity index is 1260. The van der Waals surface area contributed by atoms with Crippen LogP contribution in [-0.4, -0.2) is 24.3 Å². The molecule has 4 aliphatic carbocycles. The predicted octanol–water partition coefficient (Wildman–Crippen LogP) is 10.2. The number of rotatable bonds is 9. The van der Waals surface area contributed by atoms with Gasteiger partial charge in [-0.05, 0) is 121 Å². The molecule has 4 heteroatoms. The van der Waals surface area contributed by atoms with Crippen molar-refractivity contribution >= 4 is 12.0 Å². The minimum atomic E-state index is -0.298. The molecule has 0 saturated heterocycles. The molecule has 1 aromatic rings. The molecule has 1 aromatic carbocycles. The van der Waals surface area contributed by atoms with E-state index >= 15 is 0 Å². The van der Waals surface area contributed by atoms with Crippen molar-refractivity contribution in [2.75, 3.05) is 7.11 Å². The minimum Gasteiger partial charge on any atom is -0.504 e. The van der Waals surface area contributed by atoms with Gasteiger partial charge in [-0.25, -0.2) is 4.79 Å². The van der Waals surface area contributed by atoms with Crippen LogP contribution >= 0.6 is 0 Å². The van der Waals surface area contributed by atoms with Crippen molar-refractivity contribution in [3.05, 3.63) is 41.5 Å². The van der Waals surface area contributed by atoms with Gasteiger partial charge in [0.25, 0.3) is 0 Å². The number of ether oxygens (including phenoxy) is 2. The normalized spacial score (nSPS) is 35.8. The monoisotopic (exact) mass is 604 g/mol. The molecule has 44 heavy (non-hydrogen) atoms. The summed E-state index contributed by atoms with van der Waals surface area (Å²) < 4.78 is 11.4. The summed E-state index contributed by atoms with van der Waals surface area (Å²) >= 11 is 0. The molecule has 5 rings (SSSR count). The maximum absolute atomic E-state index is 13.0. The van der Waals surface area contributed by atoms with Gasteiger partial charge in [-0.15, -0.1) is 0 Å². The van der Waals surface area contributed by atoms with E-state index < -0.39 is 0 Å². The van der Waals surface area contributed by atoms with Crippen LogP contribution in [0.4, 0.5) is 0 Å². The first kappa shape index (κ1) is 33.1. The number of phenolic OH excluding ortho intramolecular Hbond substituents is 1. The second kappa shape index (κ2) is 12.5. The highest BCUT2D eigenvalue weighted by atomic mass is 16.5. The standard InChI is InChI=1S/C40H60O4/c1-25(2)26(3)10-11-27(4)30-15-16-31-29-14-18-35-38(5,6)36(21-23-40(35,8)32(29)20-22-39(30,31)7)44-37(42)19-13-28-12-17-33(41)34(24-28)43-9/h12-14,17,19,24-27,30-32,35-36,41H,10-11,15-16,18,20-23H2,1-9H3/b19-13+/t26-,27+,30+,31-,32-,35?,36?,39+,40+/m0/s1. The van der Waals surface area contributed by atoms with E-state index in [4.69, 9.17) is 9.47 Å². The van der Waals surface area contributed by atoms with E-state index in [0.717, 1.165) is 54.4 Å². The van der Waals surface area contributed by atoms with Gasteiger partial charge in [-0.3, -0.25) is 0 Å². The maximum Gasteiger partial charge on any atom is 0.331 e. The molecule has 3 saturated carbocycles. The van der Waals surface area contributed by atoms with Crippen LogP contribution in [0.3, 0.4) is 0 Å². The van der Waals surface area contributed by atoms with E-state index in [9.17, 15) is 9.90 Å². The molecule has 3 fully saturated rings. The highest BCUT2D eigenvalue weighted by Crippen LogP contribution is 2.69. The average Bonchev–Trinajstić information content (AvgIpc) is 3.34. The van der Waals surface area contributed by atoms with Gasteiger partial charge in [-0.2, -0.15) is 0 Å². The van der Waals surface area contributed by atoms with Crippen LogP contribution < -0.4 is 4.74 Å². The summed E-state index contributed by atoms with van der Waals surface area (Å²) in [7, 11) is 1.52. The highest BCUT2D eigenvalue weighted by molar-refractivity contribution is 5.87. The number of phenols is 1. The Morgan fingerprint density at radius 3 is 2.39 bits per heavy atom. The van der Waals surface area contributed by atoms with E-state index in [2.05, 4.69) is 61.5 Å². The molecule has 0 aliphatic heterocycles. The summed E-state index contributed by atoms with van der Waals surface area (Å²) in [4.78, 5) is 13.0. The fourth-order valence-corrected chi connectivity index (χ4v) is 10.7. The lowest BCUT2D eigenvalue weighted by atomic mass is 9.43. The number of benzene rings is 1. The van der Waals surface area contributed by atoms with Crippen LogP contribution in [0.25, 0.3) is 6.08 Å². The zero-order chi connectivity index (χ0) is 32.0. The molecule has 244 valence electrons. The number of fused-ring (bicyclic) bond motifs is 5. The molecular weight excluding hydrogens is 544 g/mol. The van der Waals surface area contributed by atoms with Gasteiger partial charge in [0.15, 0.2) is 11.5 Å². The molecule has 1 N–H and O–H groups in total. The van der Waals surface area contributed by atoms with E-state index in [1.807, 2.05) is 0 Å². The fourth-order valence-electron chi connectivity index (χ4n) is 10.7. The molecule has 4 aliphatic rings. The molecule has 0 radical (unpaired) electrons. The molecule has 2 unspecified atom stereocenters. The van der Waals surface area contributed by atoms with Crippen LogP contribution in [-0.2, 0) is 9.53 Å². The number of carbonyl (C=O) groups is 1. The van der Waals surface area contributed by atoms with Crippen molar-refractivity contribution in [2.45, 2.75) is 119 Å². The molecule has 4 nitrogen and oxygen atoms in total. The molecule has 9 atom stereocenters. The lowest BCUT2D eigenvalue weighted by molar-refractivity contribution is -0.170. The van der Waals surface area contributed by atoms with Crippen molar-refractivity contribution in [2.24, 2.45) is 57.7 Å². The fraction of sp³-hybridized carbons (Fsp3) is 0.725. The first-order valence-electron chi connectivity index (χ1n) is 17.7. The lowest BCUT2D eigenvalue weighted by Gasteiger charge is -2.62. The lowest BCUT2D eigenvalue weighted by Crippen LogP contribution is -2.57. The highest BCUT2D eigenvalue weighted by Gasteiger charge is 2.61. The van der Waals surface area contributed by atoms with Crippen LogP contribution in [0.1, 0.15) is 119 Å². The summed E-state index contributed by atoms with van der Waals surface area (Å²) in [5, 5.41) is 9.87. The zero-order valence-corrected chi connectivity index (χ0v) is 29.1. The second-order valence-corrected chi connectivity index (χ2v) is 16.7. The van der Waals surface area contributed by atoms with E-state index in [1.165, 1.54) is 51.7 Å². The van der Waals surface area contributed by atoms with Gasteiger partial charge in [0.05, 0.1) is 7.11 Å². The Hall–Kier alpha value is -2.23. The third-order valence-corrected chi connectivity index (χ3v) is 13.8. The number of aromatic hydroxyl groups is 1. The Balaban J connectivity index is 1.27. The molecule has 0 heterocycles. The number of allylic oxidation sites excluding steroid dienone is 2. The number of carbonyl (C=O) groups excluding carboxylic acids is 1. The number of hydrogen-bond acceptors (Lipinski definition) is 4. The predicted molar refractivity (Wildman–Crippen MR) is 180 cm³/mol. The zero-order valence-electron chi connectivity index (χ0n) is 29.1. The Morgan fingerprint density at radius 2 is 1.68 bits per heavy atom. The SMILES string of the molecule is COc1cc(/C=C/C(=O)OC2CC[C@@]3(C)C(CC=C4[C@@H]5CC[C@H]([C@H](C)CC[C@H](C)C(C)C)[C@@]5(C)CC[C@@H]43)C2(C)C)ccc1O. The van der Waals surface area contributed by atoms with Crippen LogP contribution in [0.5, 0.6) is 11.5 Å². The third kappa shape index (κ3) is 5.89. The smallest absolute Gasteiger partial charge is 0.331 e. The number of hydrogen-bond donors (Lipinski definition) is 1. The quantitative estimate of drug-likeness (QED) is 0.173. The van der Waals surface area contributed by atoms with Gasteiger partial charge < -0.3 is 14.6 Å². The first-order valence-corrected chi connectivity index (χ1v) is 17.7. The minimum absolute atomic E-state index is 0.0839.